The molecule has 0 bridgehead atoms. The van der Waals surface area contributed by atoms with Crippen LogP contribution in [0.3, 0.4) is 0 Å². The summed E-state index contributed by atoms with van der Waals surface area (Å²) in [5.41, 5.74) is 13.2. The highest BCUT2D eigenvalue weighted by Gasteiger charge is 2.21. The van der Waals surface area contributed by atoms with E-state index in [4.69, 9.17) is 15.7 Å². The minimum atomic E-state index is -0.428. The Bertz CT molecular complexity index is 1650. The van der Waals surface area contributed by atoms with E-state index in [1.165, 1.54) is 5.56 Å². The Kier molecular flexibility index (Phi) is 6.29. The van der Waals surface area contributed by atoms with Gasteiger partial charge in [-0.1, -0.05) is 25.1 Å². The topological polar surface area (TPSA) is 89.1 Å². The first-order valence-electron chi connectivity index (χ1n) is 13.2. The summed E-state index contributed by atoms with van der Waals surface area (Å²) in [5, 5.41) is 5.85. The van der Waals surface area contributed by atoms with Crippen molar-refractivity contribution in [2.75, 3.05) is 25.5 Å². The molecule has 0 saturated carbocycles. The molecule has 7 nitrogen and oxygen atoms in total. The minimum absolute atomic E-state index is 0.303. The van der Waals surface area contributed by atoms with E-state index in [1.54, 1.807) is 0 Å². The van der Waals surface area contributed by atoms with Gasteiger partial charge in [0.25, 0.3) is 5.91 Å². The Morgan fingerprint density at radius 3 is 2.68 bits per heavy atom. The number of fused-ring (bicyclic) bond motifs is 2. The van der Waals surface area contributed by atoms with Crippen LogP contribution in [0.4, 0.5) is 5.69 Å². The molecule has 4 heterocycles. The molecule has 5 aromatic rings. The van der Waals surface area contributed by atoms with Gasteiger partial charge in [0.1, 0.15) is 5.65 Å². The molecule has 7 heteroatoms. The van der Waals surface area contributed by atoms with Crippen LogP contribution in [0.15, 0.2) is 73.2 Å². The summed E-state index contributed by atoms with van der Waals surface area (Å²) in [6.45, 7) is 4.22. The molecule has 1 saturated heterocycles. The number of likely N-dealkylation sites (tertiary alicyclic amines) is 1. The van der Waals surface area contributed by atoms with Crippen LogP contribution in [-0.2, 0) is 6.42 Å². The van der Waals surface area contributed by atoms with Gasteiger partial charge in [-0.2, -0.15) is 0 Å². The maximum Gasteiger partial charge on any atom is 0.250 e. The fraction of sp³-hybridized carbons (Fsp3) is 0.258. The summed E-state index contributed by atoms with van der Waals surface area (Å²) in [5.74, 6) is -0.428. The van der Waals surface area contributed by atoms with Crippen LogP contribution in [0.25, 0.3) is 38.8 Å². The molecule has 0 spiro atoms. The van der Waals surface area contributed by atoms with Gasteiger partial charge in [0.2, 0.25) is 0 Å². The molecule has 192 valence electrons. The van der Waals surface area contributed by atoms with E-state index in [-0.39, 0.29) is 0 Å². The summed E-state index contributed by atoms with van der Waals surface area (Å²) in [6.07, 6.45) is 8.88. The van der Waals surface area contributed by atoms with Gasteiger partial charge in [0.15, 0.2) is 0 Å². The van der Waals surface area contributed by atoms with Crippen molar-refractivity contribution >= 4 is 33.5 Å². The molecule has 6 rings (SSSR count). The molecule has 38 heavy (non-hydrogen) atoms. The molecule has 0 unspecified atom stereocenters. The number of piperidine rings is 1. The molecule has 1 amide bonds. The van der Waals surface area contributed by atoms with E-state index in [2.05, 4.69) is 53.2 Å². The fourth-order valence-electron chi connectivity index (χ4n) is 5.54. The van der Waals surface area contributed by atoms with Crippen LogP contribution in [0, 0.1) is 0 Å². The summed E-state index contributed by atoms with van der Waals surface area (Å²) < 4.78 is 2.12. The molecule has 0 radical (unpaired) electrons. The number of amides is 1. The molecular formula is C31H32N6O. The largest absolute Gasteiger partial charge is 0.382 e. The number of hydrogen-bond donors (Lipinski definition) is 2. The average Bonchev–Trinajstić information content (AvgIpc) is 3.33. The van der Waals surface area contributed by atoms with E-state index in [1.807, 2.05) is 48.8 Å². The quantitative estimate of drug-likeness (QED) is 0.323. The number of pyridine rings is 2. The highest BCUT2D eigenvalue weighted by molar-refractivity contribution is 6.00. The van der Waals surface area contributed by atoms with Gasteiger partial charge in [-0.25, -0.2) is 4.98 Å². The number of hydrogen-bond acceptors (Lipinski definition) is 5. The van der Waals surface area contributed by atoms with Gasteiger partial charge in [-0.3, -0.25) is 9.78 Å². The lowest BCUT2D eigenvalue weighted by molar-refractivity contribution is 0.100. The van der Waals surface area contributed by atoms with Gasteiger partial charge in [-0.05, 0) is 86.9 Å². The number of carbonyl (C=O) groups excluding carboxylic acids is 1. The first kappa shape index (κ1) is 24.1. The molecule has 0 aliphatic carbocycles. The zero-order valence-corrected chi connectivity index (χ0v) is 21.8. The molecule has 0 atom stereocenters. The Balaban J connectivity index is 1.45. The first-order valence-corrected chi connectivity index (χ1v) is 13.2. The monoisotopic (exact) mass is 504 g/mol. The van der Waals surface area contributed by atoms with Crippen molar-refractivity contribution in [2.45, 2.75) is 32.2 Å². The number of nitrogens with zero attached hydrogens (tertiary/aromatic N) is 4. The number of nitrogens with two attached hydrogens (primary N) is 1. The number of primary amides is 1. The highest BCUT2D eigenvalue weighted by atomic mass is 16.1. The predicted octanol–water partition coefficient (Wildman–Crippen LogP) is 5.41. The van der Waals surface area contributed by atoms with Crippen LogP contribution in [0.2, 0.25) is 0 Å². The van der Waals surface area contributed by atoms with Gasteiger partial charge in [-0.15, -0.1) is 0 Å². The maximum absolute atomic E-state index is 12.3. The highest BCUT2D eigenvalue weighted by Crippen LogP contribution is 2.35. The van der Waals surface area contributed by atoms with Crippen LogP contribution in [-0.4, -0.2) is 51.5 Å². The van der Waals surface area contributed by atoms with Crippen LogP contribution in [0.5, 0.6) is 0 Å². The van der Waals surface area contributed by atoms with Crippen LogP contribution in [0.1, 0.15) is 35.7 Å². The second-order valence-corrected chi connectivity index (χ2v) is 10.2. The van der Waals surface area contributed by atoms with Crippen molar-refractivity contribution in [1.82, 2.24) is 19.4 Å². The summed E-state index contributed by atoms with van der Waals surface area (Å²) in [4.78, 5) is 24.1. The van der Waals surface area contributed by atoms with Crippen molar-refractivity contribution < 1.29 is 4.79 Å². The van der Waals surface area contributed by atoms with E-state index in [0.29, 0.717) is 11.6 Å². The molecule has 3 aromatic heterocycles. The number of carbonyl (C=O) groups is 1. The summed E-state index contributed by atoms with van der Waals surface area (Å²) in [7, 11) is 2.14. The second kappa shape index (κ2) is 9.91. The number of nitrogens with one attached hydrogen (secondary N) is 1. The first-order chi connectivity index (χ1) is 18.5. The molecule has 1 aliphatic rings. The number of aromatic nitrogens is 3. The number of anilines is 1. The predicted molar refractivity (Wildman–Crippen MR) is 154 cm³/mol. The third kappa shape index (κ3) is 4.39. The Morgan fingerprint density at radius 1 is 1.08 bits per heavy atom. The normalized spacial score (nSPS) is 14.8. The van der Waals surface area contributed by atoms with Gasteiger partial charge in [0.05, 0.1) is 11.1 Å². The van der Waals surface area contributed by atoms with E-state index in [9.17, 15) is 4.79 Å². The van der Waals surface area contributed by atoms with Crippen molar-refractivity contribution in [1.29, 1.82) is 0 Å². The number of para-hydroxylation sites is 1. The van der Waals surface area contributed by atoms with E-state index in [0.717, 1.165) is 76.8 Å². The van der Waals surface area contributed by atoms with Crippen molar-refractivity contribution in [3.8, 4) is 16.8 Å². The average molecular weight is 505 g/mol. The van der Waals surface area contributed by atoms with Crippen molar-refractivity contribution in [3.05, 3.63) is 84.3 Å². The SMILES string of the molecule is CCc1cn(-c2ccc(C(N)=O)c(NC3CCN(C)CC3)c2)c2nccc(-c3cnc4ccccc4c3)c12. The molecular weight excluding hydrogens is 472 g/mol. The molecule has 1 fully saturated rings. The van der Waals surface area contributed by atoms with E-state index < -0.39 is 5.91 Å². The number of aryl methyl sites for hydroxylation is 1. The minimum Gasteiger partial charge on any atom is -0.382 e. The Hall–Kier alpha value is -4.23. The molecule has 1 aliphatic heterocycles. The van der Waals surface area contributed by atoms with Crippen LogP contribution < -0.4 is 11.1 Å². The molecule has 3 N–H and O–H groups in total. The van der Waals surface area contributed by atoms with Crippen molar-refractivity contribution in [3.63, 3.8) is 0 Å². The second-order valence-electron chi connectivity index (χ2n) is 10.2. The smallest absolute Gasteiger partial charge is 0.250 e. The fourth-order valence-corrected chi connectivity index (χ4v) is 5.54. The lowest BCUT2D eigenvalue weighted by Crippen LogP contribution is -2.37. The Morgan fingerprint density at radius 2 is 1.89 bits per heavy atom. The van der Waals surface area contributed by atoms with Gasteiger partial charge >= 0.3 is 0 Å². The zero-order valence-electron chi connectivity index (χ0n) is 21.8. The third-order valence-corrected chi connectivity index (χ3v) is 7.67. The van der Waals surface area contributed by atoms with Gasteiger partial charge < -0.3 is 20.5 Å². The van der Waals surface area contributed by atoms with Gasteiger partial charge in [0, 0.05) is 52.3 Å². The zero-order chi connectivity index (χ0) is 26.2. The van der Waals surface area contributed by atoms with Crippen LogP contribution >= 0.6 is 0 Å². The lowest BCUT2D eigenvalue weighted by atomic mass is 10.0. The summed E-state index contributed by atoms with van der Waals surface area (Å²) >= 11 is 0. The summed E-state index contributed by atoms with van der Waals surface area (Å²) in [6, 6.07) is 18.5. The maximum atomic E-state index is 12.3. The van der Waals surface area contributed by atoms with E-state index >= 15 is 0 Å². The molecule has 2 aromatic carbocycles. The third-order valence-electron chi connectivity index (χ3n) is 7.67. The lowest BCUT2D eigenvalue weighted by Gasteiger charge is -2.30. The number of rotatable bonds is 6. The standard InChI is InChI=1S/C31H32N6O/c1-3-20-19-37(24-8-9-26(30(32)38)28(17-24)35-23-11-14-36(2)15-12-23)31-29(20)25(10-13-33-31)22-16-21-6-4-5-7-27(21)34-18-22/h4-10,13,16-19,23,35H,3,11-12,14-15H2,1-2H3,(H2,32,38). The van der Waals surface area contributed by atoms with Crippen molar-refractivity contribution in [2.24, 2.45) is 5.73 Å². The number of benzene rings is 2. The Labute approximate surface area is 222 Å².